The largest absolute Gasteiger partial charge is 0.433 e. The van der Waals surface area contributed by atoms with E-state index in [9.17, 15) is 4.79 Å². The van der Waals surface area contributed by atoms with Crippen LogP contribution in [0.15, 0.2) is 35.2 Å². The van der Waals surface area contributed by atoms with Crippen molar-refractivity contribution in [2.24, 2.45) is 0 Å². The molecule has 0 radical (unpaired) electrons. The highest BCUT2D eigenvalue weighted by Gasteiger charge is 2.33. The van der Waals surface area contributed by atoms with Gasteiger partial charge in [-0.25, -0.2) is 4.79 Å². The molecule has 74 valence electrons. The van der Waals surface area contributed by atoms with Gasteiger partial charge in [0.2, 0.25) is 11.7 Å². The number of carbonyl (C=O) groups is 1. The third-order valence-electron chi connectivity index (χ3n) is 1.78. The summed E-state index contributed by atoms with van der Waals surface area (Å²) in [7, 11) is 0. The SMILES string of the molecule is CC1OC(=O)C(Sc2ccccc2)O1. The van der Waals surface area contributed by atoms with Crippen molar-refractivity contribution in [1.29, 1.82) is 0 Å². The maximum atomic E-state index is 11.2. The lowest BCUT2D eigenvalue weighted by atomic mass is 10.4. The topological polar surface area (TPSA) is 35.5 Å². The Balaban J connectivity index is 2.02. The van der Waals surface area contributed by atoms with Gasteiger partial charge in [-0.3, -0.25) is 0 Å². The van der Waals surface area contributed by atoms with Crippen LogP contribution < -0.4 is 0 Å². The van der Waals surface area contributed by atoms with Crippen LogP contribution in [0.2, 0.25) is 0 Å². The van der Waals surface area contributed by atoms with Crippen molar-refractivity contribution in [2.45, 2.75) is 23.5 Å². The number of carbonyl (C=O) groups excluding carboxylic acids is 1. The number of hydrogen-bond donors (Lipinski definition) is 0. The predicted octanol–water partition coefficient (Wildman–Crippen LogP) is 2.02. The van der Waals surface area contributed by atoms with Crippen LogP contribution in [0.1, 0.15) is 6.92 Å². The molecule has 1 aromatic rings. The number of benzene rings is 1. The van der Waals surface area contributed by atoms with Gasteiger partial charge in [0, 0.05) is 4.90 Å². The molecule has 2 unspecified atom stereocenters. The first-order valence-electron chi connectivity index (χ1n) is 4.33. The second-order valence-corrected chi connectivity index (χ2v) is 4.04. The molecule has 0 N–H and O–H groups in total. The molecule has 1 aliphatic heterocycles. The Labute approximate surface area is 86.4 Å². The van der Waals surface area contributed by atoms with Crippen LogP contribution in [0.4, 0.5) is 0 Å². The van der Waals surface area contributed by atoms with Crippen LogP contribution >= 0.6 is 11.8 Å². The van der Waals surface area contributed by atoms with Gasteiger partial charge in [0.15, 0.2) is 0 Å². The van der Waals surface area contributed by atoms with Gasteiger partial charge >= 0.3 is 5.97 Å². The summed E-state index contributed by atoms with van der Waals surface area (Å²) in [5, 5.41) is 0. The number of hydrogen-bond acceptors (Lipinski definition) is 4. The molecule has 0 aliphatic carbocycles. The molecule has 2 atom stereocenters. The lowest BCUT2D eigenvalue weighted by molar-refractivity contribution is -0.141. The van der Waals surface area contributed by atoms with Gasteiger partial charge in [0.25, 0.3) is 0 Å². The van der Waals surface area contributed by atoms with Crippen LogP contribution in [0.5, 0.6) is 0 Å². The fraction of sp³-hybridized carbons (Fsp3) is 0.300. The van der Waals surface area contributed by atoms with E-state index < -0.39 is 11.7 Å². The zero-order chi connectivity index (χ0) is 9.97. The molecular formula is C10H10O3S. The fourth-order valence-electron chi connectivity index (χ4n) is 1.18. The Bertz CT molecular complexity index is 325. The first kappa shape index (κ1) is 9.55. The van der Waals surface area contributed by atoms with E-state index >= 15 is 0 Å². The van der Waals surface area contributed by atoms with Gasteiger partial charge in [0.1, 0.15) is 0 Å². The third kappa shape index (κ3) is 2.08. The van der Waals surface area contributed by atoms with Crippen LogP contribution in [0.25, 0.3) is 0 Å². The Morgan fingerprint density at radius 3 is 2.57 bits per heavy atom. The minimum absolute atomic E-state index is 0.300. The zero-order valence-corrected chi connectivity index (χ0v) is 8.49. The van der Waals surface area contributed by atoms with Crippen molar-refractivity contribution in [3.63, 3.8) is 0 Å². The van der Waals surface area contributed by atoms with Gasteiger partial charge in [-0.1, -0.05) is 30.0 Å². The van der Waals surface area contributed by atoms with E-state index in [4.69, 9.17) is 9.47 Å². The molecule has 0 spiro atoms. The summed E-state index contributed by atoms with van der Waals surface area (Å²) in [4.78, 5) is 12.2. The monoisotopic (exact) mass is 210 g/mol. The van der Waals surface area contributed by atoms with E-state index in [0.717, 1.165) is 4.90 Å². The molecule has 4 heteroatoms. The second kappa shape index (κ2) is 4.02. The average molecular weight is 210 g/mol. The number of ether oxygens (including phenoxy) is 2. The van der Waals surface area contributed by atoms with Crippen molar-refractivity contribution in [1.82, 2.24) is 0 Å². The lowest BCUT2D eigenvalue weighted by Crippen LogP contribution is -2.10. The molecule has 3 nitrogen and oxygen atoms in total. The van der Waals surface area contributed by atoms with E-state index in [1.54, 1.807) is 6.92 Å². The molecule has 1 fully saturated rings. The van der Waals surface area contributed by atoms with Crippen LogP contribution in [-0.4, -0.2) is 17.7 Å². The van der Waals surface area contributed by atoms with Gasteiger partial charge < -0.3 is 9.47 Å². The summed E-state index contributed by atoms with van der Waals surface area (Å²) in [6, 6.07) is 9.65. The van der Waals surface area contributed by atoms with Crippen molar-refractivity contribution >= 4 is 17.7 Å². The number of thioether (sulfide) groups is 1. The van der Waals surface area contributed by atoms with Crippen molar-refractivity contribution in [3.05, 3.63) is 30.3 Å². The highest BCUT2D eigenvalue weighted by atomic mass is 32.2. The summed E-state index contributed by atoms with van der Waals surface area (Å²) in [5.74, 6) is -0.300. The van der Waals surface area contributed by atoms with E-state index in [1.165, 1.54) is 11.8 Å². The van der Waals surface area contributed by atoms with Gasteiger partial charge in [0.05, 0.1) is 0 Å². The van der Waals surface area contributed by atoms with Gasteiger partial charge in [-0.15, -0.1) is 0 Å². The maximum absolute atomic E-state index is 11.2. The van der Waals surface area contributed by atoms with Crippen LogP contribution in [0, 0.1) is 0 Å². The molecule has 1 aromatic carbocycles. The molecular weight excluding hydrogens is 200 g/mol. The fourth-order valence-corrected chi connectivity index (χ4v) is 2.10. The van der Waals surface area contributed by atoms with E-state index in [0.29, 0.717) is 0 Å². The first-order valence-corrected chi connectivity index (χ1v) is 5.21. The Morgan fingerprint density at radius 1 is 1.29 bits per heavy atom. The van der Waals surface area contributed by atoms with Crippen LogP contribution in [0.3, 0.4) is 0 Å². The Kier molecular flexibility index (Phi) is 2.74. The average Bonchev–Trinajstić information content (AvgIpc) is 2.47. The zero-order valence-electron chi connectivity index (χ0n) is 7.67. The highest BCUT2D eigenvalue weighted by molar-refractivity contribution is 8.00. The summed E-state index contributed by atoms with van der Waals surface area (Å²) in [6.07, 6.45) is -0.427. The van der Waals surface area contributed by atoms with Gasteiger partial charge in [-0.05, 0) is 19.1 Å². The summed E-state index contributed by atoms with van der Waals surface area (Å²) in [5.41, 5.74) is -0.521. The predicted molar refractivity (Wildman–Crippen MR) is 52.7 cm³/mol. The first-order chi connectivity index (χ1) is 6.75. The van der Waals surface area contributed by atoms with E-state index in [2.05, 4.69) is 0 Å². The standard InChI is InChI=1S/C10H10O3S/c1-7-12-9(11)10(13-7)14-8-5-3-2-4-6-8/h2-7,10H,1H3. The lowest BCUT2D eigenvalue weighted by Gasteiger charge is -2.04. The summed E-state index contributed by atoms with van der Waals surface area (Å²) >= 11 is 1.37. The van der Waals surface area contributed by atoms with Crippen molar-refractivity contribution in [3.8, 4) is 0 Å². The number of esters is 1. The second-order valence-electron chi connectivity index (χ2n) is 2.90. The number of cyclic esters (lactones) is 1. The number of rotatable bonds is 2. The van der Waals surface area contributed by atoms with Crippen molar-refractivity contribution < 1.29 is 14.3 Å². The molecule has 0 saturated carbocycles. The molecule has 1 aliphatic rings. The molecule has 14 heavy (non-hydrogen) atoms. The summed E-state index contributed by atoms with van der Waals surface area (Å²) in [6.45, 7) is 1.71. The molecule has 0 amide bonds. The minimum atomic E-state index is -0.521. The molecule has 0 aromatic heterocycles. The maximum Gasteiger partial charge on any atom is 0.348 e. The Morgan fingerprint density at radius 2 is 2.00 bits per heavy atom. The highest BCUT2D eigenvalue weighted by Crippen LogP contribution is 2.29. The Hall–Kier alpha value is -1.00. The summed E-state index contributed by atoms with van der Waals surface area (Å²) < 4.78 is 10.1. The smallest absolute Gasteiger partial charge is 0.348 e. The molecule has 0 bridgehead atoms. The van der Waals surface area contributed by atoms with Crippen molar-refractivity contribution in [2.75, 3.05) is 0 Å². The normalized spacial score (nSPS) is 26.2. The third-order valence-corrected chi connectivity index (χ3v) is 2.84. The molecule has 2 rings (SSSR count). The van der Waals surface area contributed by atoms with Gasteiger partial charge in [-0.2, -0.15) is 0 Å². The quantitative estimate of drug-likeness (QED) is 0.700. The van der Waals surface area contributed by atoms with E-state index in [1.807, 2.05) is 30.3 Å². The minimum Gasteiger partial charge on any atom is -0.433 e. The molecule has 1 saturated heterocycles. The molecule has 1 heterocycles. The van der Waals surface area contributed by atoms with Crippen LogP contribution in [-0.2, 0) is 14.3 Å². The van der Waals surface area contributed by atoms with E-state index in [-0.39, 0.29) is 5.97 Å².